The maximum absolute atomic E-state index is 10.9. The van der Waals surface area contributed by atoms with Crippen LogP contribution in [0.25, 0.3) is 130 Å². The number of rotatable bonds is 18. The van der Waals surface area contributed by atoms with Crippen molar-refractivity contribution in [1.29, 1.82) is 15.8 Å². The summed E-state index contributed by atoms with van der Waals surface area (Å²) in [5.74, 6) is 0. The quantitative estimate of drug-likeness (QED) is 0.0486. The molecule has 0 aliphatic heterocycles. The Bertz CT molecular complexity index is 8810. The average molecular weight is 1900 g/mol. The van der Waals surface area contributed by atoms with Crippen molar-refractivity contribution in [3.8, 4) is 68.7 Å². The van der Waals surface area contributed by atoms with E-state index in [2.05, 4.69) is 471 Å². The number of para-hydroxylation sites is 6. The van der Waals surface area contributed by atoms with Crippen molar-refractivity contribution in [3.63, 3.8) is 0 Å². The van der Waals surface area contributed by atoms with Gasteiger partial charge in [0, 0.05) is 60.5 Å². The fourth-order valence-corrected chi connectivity index (χ4v) is 36.9. The molecule has 0 radical (unpaired) electrons. The fourth-order valence-electron chi connectivity index (χ4n) is 22.1. The minimum Gasteiger partial charge on any atom is -0.311 e. The summed E-state index contributed by atoms with van der Waals surface area (Å²) in [6.07, 6.45) is 0. The number of hydrogen-bond acceptors (Lipinski definition) is 3. The van der Waals surface area contributed by atoms with Gasteiger partial charge in [0.25, 0.3) is 0 Å². The van der Waals surface area contributed by atoms with Gasteiger partial charge in [-0.05, 0) is 193 Å². The van der Waals surface area contributed by atoms with Gasteiger partial charge < -0.3 is 13.7 Å². The molecule has 0 atom stereocenters. The molecule has 3 aromatic heterocycles. The Morgan fingerprint density at radius 3 is 0.821 bits per heavy atom. The Morgan fingerprint density at radius 2 is 0.483 bits per heavy atom. The van der Waals surface area contributed by atoms with Gasteiger partial charge in [-0.1, -0.05) is 432 Å². The maximum atomic E-state index is 10.9. The zero-order chi connectivity index (χ0) is 97.5. The first-order valence-corrected chi connectivity index (χ1v) is 53.9. The van der Waals surface area contributed by atoms with Crippen molar-refractivity contribution in [2.24, 2.45) is 0 Å². The number of nitriles is 3. The highest BCUT2D eigenvalue weighted by molar-refractivity contribution is 7.22. The summed E-state index contributed by atoms with van der Waals surface area (Å²) in [4.78, 5) is 12.1. The SMILES string of the molecule is C.[C-]#[N+]c1cc(-c2cc(-n3c4ccccc4c4ccccc43)ccc2C#N)ccc1[Si](c1ccccc1)(c1ccccc1)c1ccccc1.[C-]#[N+]c1cc(-n2c3ccccc3c3ccccc32)ccc1-c1ccc([Si](c2ccccc2)(c2ccccc2)c2ccccc2)c(C#N)c1.[C-]#[N+]c1cc(C#N)c([Si](c2ccccc2)(c2ccccc2)c2ccccc2)c(-c2ccc(-n3c4ccccc4c4ccccc43)cc2)c1. The molecular formula is C133H91N9Si3. The molecule has 0 N–H and O–H groups in total. The Hall–Kier alpha value is -19.4. The van der Waals surface area contributed by atoms with E-state index in [0.717, 1.165) is 99.1 Å². The first-order valence-electron chi connectivity index (χ1n) is 47.9. The first kappa shape index (κ1) is 92.0. The highest BCUT2D eigenvalue weighted by Crippen LogP contribution is 2.41. The van der Waals surface area contributed by atoms with E-state index < -0.39 is 24.2 Å². The molecule has 24 rings (SSSR count). The molecular weight excluding hydrogens is 1810 g/mol. The van der Waals surface area contributed by atoms with Gasteiger partial charge in [0.05, 0.1) is 82.2 Å². The third-order valence-corrected chi connectivity index (χ3v) is 42.8. The second kappa shape index (κ2) is 40.2. The van der Waals surface area contributed by atoms with E-state index in [-0.39, 0.29) is 7.43 Å². The number of fused-ring (bicyclic) bond motifs is 9. The number of nitrogens with zero attached hydrogens (tertiary/aromatic N) is 9. The molecule has 680 valence electrons. The minimum absolute atomic E-state index is 0. The van der Waals surface area contributed by atoms with Gasteiger partial charge in [-0.3, -0.25) is 0 Å². The van der Waals surface area contributed by atoms with Crippen LogP contribution in [0, 0.1) is 53.7 Å². The van der Waals surface area contributed by atoms with Crippen LogP contribution in [0.4, 0.5) is 17.1 Å². The van der Waals surface area contributed by atoms with E-state index in [1.165, 1.54) is 79.0 Å². The van der Waals surface area contributed by atoms with Crippen molar-refractivity contribution in [1.82, 2.24) is 13.7 Å². The summed E-state index contributed by atoms with van der Waals surface area (Å²) in [6.45, 7) is 24.7. The first-order chi connectivity index (χ1) is 71.2. The van der Waals surface area contributed by atoms with Crippen molar-refractivity contribution in [2.45, 2.75) is 7.43 Å². The van der Waals surface area contributed by atoms with E-state index in [9.17, 15) is 15.8 Å². The molecule has 9 nitrogen and oxygen atoms in total. The second-order valence-electron chi connectivity index (χ2n) is 35.7. The molecule has 3 heterocycles. The molecule has 0 unspecified atom stereocenters. The molecule has 24 aromatic rings. The molecule has 0 aliphatic rings. The lowest BCUT2D eigenvalue weighted by Gasteiger charge is -2.37. The number of benzene rings is 21. The Labute approximate surface area is 846 Å². The van der Waals surface area contributed by atoms with Crippen LogP contribution in [0.2, 0.25) is 0 Å². The summed E-state index contributed by atoms with van der Waals surface area (Å²) in [6, 6.07) is 191. The highest BCUT2D eigenvalue weighted by atomic mass is 28.3. The predicted molar refractivity (Wildman–Crippen MR) is 609 cm³/mol. The van der Waals surface area contributed by atoms with Gasteiger partial charge in [-0.25, -0.2) is 14.5 Å². The second-order valence-corrected chi connectivity index (χ2v) is 47.0. The summed E-state index contributed by atoms with van der Waals surface area (Å²) >= 11 is 0. The summed E-state index contributed by atoms with van der Waals surface area (Å²) < 4.78 is 6.80. The zero-order valence-electron chi connectivity index (χ0n) is 78.3. The van der Waals surface area contributed by atoms with E-state index in [0.29, 0.717) is 33.8 Å². The number of aromatic nitrogens is 3. The lowest BCUT2D eigenvalue weighted by atomic mass is 9.99. The molecule has 12 heteroatoms. The van der Waals surface area contributed by atoms with Crippen LogP contribution in [-0.2, 0) is 0 Å². The smallest absolute Gasteiger partial charge is 0.196 e. The predicted octanol–water partition coefficient (Wildman–Crippen LogP) is 25.4. The minimum atomic E-state index is -3.10. The summed E-state index contributed by atoms with van der Waals surface area (Å²) in [5, 5.41) is 53.0. The van der Waals surface area contributed by atoms with E-state index in [1.807, 2.05) is 97.1 Å². The van der Waals surface area contributed by atoms with Crippen LogP contribution in [0.5, 0.6) is 0 Å². The van der Waals surface area contributed by atoms with Crippen LogP contribution in [-0.4, -0.2) is 37.9 Å². The van der Waals surface area contributed by atoms with Crippen LogP contribution in [0.3, 0.4) is 0 Å². The molecule has 0 spiro atoms. The van der Waals surface area contributed by atoms with Crippen LogP contribution < -0.4 is 62.2 Å². The van der Waals surface area contributed by atoms with E-state index >= 15 is 0 Å². The maximum Gasteiger partial charge on any atom is 0.196 e. The van der Waals surface area contributed by atoms with Crippen molar-refractivity contribution in [2.75, 3.05) is 0 Å². The topological polar surface area (TPSA) is 99.2 Å². The third-order valence-electron chi connectivity index (χ3n) is 28.2. The van der Waals surface area contributed by atoms with E-state index in [4.69, 9.17) is 19.7 Å². The molecule has 0 aliphatic carbocycles. The molecule has 0 saturated carbocycles. The van der Waals surface area contributed by atoms with Crippen LogP contribution in [0.1, 0.15) is 24.1 Å². The average Bonchev–Trinajstić information content (AvgIpc) is 1.32. The molecule has 0 fully saturated rings. The van der Waals surface area contributed by atoms with Crippen molar-refractivity contribution < 1.29 is 0 Å². The summed E-state index contributed by atoms with van der Waals surface area (Å²) in [5.41, 5.74) is 18.2. The fraction of sp³-hybridized carbons (Fsp3) is 0.00752. The molecule has 21 aromatic carbocycles. The zero-order valence-corrected chi connectivity index (χ0v) is 81.3. The molecule has 145 heavy (non-hydrogen) atoms. The van der Waals surface area contributed by atoms with Crippen LogP contribution in [0.15, 0.2) is 528 Å². The number of hydrogen-bond donors (Lipinski definition) is 0. The lowest BCUT2D eigenvalue weighted by molar-refractivity contribution is 1.18. The van der Waals surface area contributed by atoms with Gasteiger partial charge in [0.1, 0.15) is 0 Å². The Balaban J connectivity index is 0.000000128. The lowest BCUT2D eigenvalue weighted by Crippen LogP contribution is -2.75. The normalized spacial score (nSPS) is 11.2. The van der Waals surface area contributed by atoms with Crippen molar-refractivity contribution >= 4 is 169 Å². The van der Waals surface area contributed by atoms with Gasteiger partial charge in [0.2, 0.25) is 0 Å². The monoisotopic (exact) mass is 1900 g/mol. The Morgan fingerprint density at radius 1 is 0.200 bits per heavy atom. The van der Waals surface area contributed by atoms with Crippen molar-refractivity contribution in [3.05, 3.63) is 579 Å². The van der Waals surface area contributed by atoms with E-state index in [1.54, 1.807) is 6.07 Å². The highest BCUT2D eigenvalue weighted by Gasteiger charge is 2.47. The largest absolute Gasteiger partial charge is 0.311 e. The molecule has 0 bridgehead atoms. The van der Waals surface area contributed by atoms with Gasteiger partial charge >= 0.3 is 0 Å². The standard InChI is InChI=1S/3C44H29N3Si.CH4/c1-46-41-30-34(47-42-23-13-11-21-39(42)40-22-12-14-24-43(40)47)26-27-38(41)32-25-28-44(33(29-32)31-45)48(35-15-5-2-6-16-35,36-17-7-3-8-18-36)37-19-9-4-10-20-37;1-46-41-29-32(40-30-34(27-25-33(40)31-45)47-42-23-13-11-21-38(42)39-22-12-14-24-43(39)47)26-28-44(41)48(35-15-5-2-6-16-35,36-17-7-3-8-18-36)37-19-9-4-10-20-37;1-46-34-29-33(31-45)44(48(36-15-5-2-6-16-36,37-17-7-3-8-18-37)38-19-9-4-10-20-38)41(30-34)32-25-27-35(28-26-32)47-42-23-13-11-21-39(42)40-22-12-14-24-43(40)47;/h3*2-30H;1H4. The molecule has 0 amide bonds. The van der Waals surface area contributed by atoms with Crippen LogP contribution >= 0.6 is 0 Å². The molecule has 0 saturated heterocycles. The van der Waals surface area contributed by atoms with Gasteiger partial charge in [-0.2, -0.15) is 15.8 Å². The van der Waals surface area contributed by atoms with Gasteiger partial charge in [-0.15, -0.1) is 0 Å². The third kappa shape index (κ3) is 16.1. The summed E-state index contributed by atoms with van der Waals surface area (Å²) in [7, 11) is -8.90. The Kier molecular flexibility index (Phi) is 25.5. The van der Waals surface area contributed by atoms with Gasteiger partial charge in [0.15, 0.2) is 41.3 Å².